The topological polar surface area (TPSA) is 34.1 Å². The molecule has 0 saturated carbocycles. The molecule has 0 amide bonds. The largest absolute Gasteiger partial charge is 0.481 e. The Morgan fingerprint density at radius 2 is 1.90 bits per heavy atom. The predicted octanol–water partition coefficient (Wildman–Crippen LogP) is 3.36. The van der Waals surface area contributed by atoms with Crippen LogP contribution >= 0.6 is 0 Å². The molecule has 0 spiro atoms. The standard InChI is InChI=1S/C17H28N2O/c1-13-14(6-7-15(19-13)20-5)12-17(16(2,3)4)8-10-18-11-9-17/h6-7,18H,8-12H2,1-5H3. The van der Waals surface area contributed by atoms with E-state index in [1.807, 2.05) is 6.07 Å². The number of pyridine rings is 1. The number of methoxy groups -OCH3 is 1. The van der Waals surface area contributed by atoms with Gasteiger partial charge < -0.3 is 10.1 Å². The van der Waals surface area contributed by atoms with E-state index in [0.29, 0.717) is 16.7 Å². The van der Waals surface area contributed by atoms with Crippen molar-refractivity contribution in [3.8, 4) is 5.88 Å². The summed E-state index contributed by atoms with van der Waals surface area (Å²) < 4.78 is 5.21. The molecule has 0 aromatic carbocycles. The summed E-state index contributed by atoms with van der Waals surface area (Å²) in [6.07, 6.45) is 3.59. The molecule has 3 heteroatoms. The average Bonchev–Trinajstić information content (AvgIpc) is 2.41. The van der Waals surface area contributed by atoms with Crippen molar-refractivity contribution in [3.05, 3.63) is 23.4 Å². The van der Waals surface area contributed by atoms with Gasteiger partial charge in [-0.25, -0.2) is 4.98 Å². The van der Waals surface area contributed by atoms with Crippen molar-refractivity contribution in [2.45, 2.75) is 47.0 Å². The van der Waals surface area contributed by atoms with E-state index in [-0.39, 0.29) is 0 Å². The molecule has 1 fully saturated rings. The number of hydrogen-bond donors (Lipinski definition) is 1. The molecule has 1 aromatic rings. The minimum Gasteiger partial charge on any atom is -0.481 e. The third-order valence-electron chi connectivity index (χ3n) is 5.06. The Kier molecular flexibility index (Phi) is 4.38. The Hall–Kier alpha value is -1.09. The van der Waals surface area contributed by atoms with Crippen LogP contribution in [0.15, 0.2) is 12.1 Å². The molecule has 1 aliphatic rings. The van der Waals surface area contributed by atoms with Gasteiger partial charge in [0.15, 0.2) is 0 Å². The van der Waals surface area contributed by atoms with E-state index in [9.17, 15) is 0 Å². The molecule has 1 aliphatic heterocycles. The van der Waals surface area contributed by atoms with E-state index < -0.39 is 0 Å². The van der Waals surface area contributed by atoms with Crippen molar-refractivity contribution in [2.24, 2.45) is 10.8 Å². The molecule has 0 bridgehead atoms. The highest BCUT2D eigenvalue weighted by Crippen LogP contribution is 2.48. The third-order valence-corrected chi connectivity index (χ3v) is 5.06. The van der Waals surface area contributed by atoms with Gasteiger partial charge in [-0.05, 0) is 55.7 Å². The molecule has 2 heterocycles. The second-order valence-corrected chi connectivity index (χ2v) is 7.06. The lowest BCUT2D eigenvalue weighted by Crippen LogP contribution is -2.46. The Morgan fingerprint density at radius 3 is 2.40 bits per heavy atom. The smallest absolute Gasteiger partial charge is 0.213 e. The zero-order valence-electron chi connectivity index (χ0n) is 13.5. The Morgan fingerprint density at radius 1 is 1.25 bits per heavy atom. The lowest BCUT2D eigenvalue weighted by atomic mass is 9.59. The molecule has 1 aromatic heterocycles. The van der Waals surface area contributed by atoms with E-state index in [4.69, 9.17) is 4.74 Å². The van der Waals surface area contributed by atoms with Crippen LogP contribution in [0.2, 0.25) is 0 Å². The average molecular weight is 276 g/mol. The van der Waals surface area contributed by atoms with Crippen LogP contribution in [0.25, 0.3) is 0 Å². The lowest BCUT2D eigenvalue weighted by molar-refractivity contribution is 0.0466. The van der Waals surface area contributed by atoms with E-state index in [1.54, 1.807) is 7.11 Å². The summed E-state index contributed by atoms with van der Waals surface area (Å²) in [6.45, 7) is 11.5. The number of piperidine rings is 1. The van der Waals surface area contributed by atoms with Gasteiger partial charge in [0.25, 0.3) is 0 Å². The normalized spacial score (nSPS) is 18.9. The van der Waals surface area contributed by atoms with E-state index in [0.717, 1.165) is 25.2 Å². The van der Waals surface area contributed by atoms with Gasteiger partial charge in [-0.15, -0.1) is 0 Å². The van der Waals surface area contributed by atoms with Gasteiger partial charge in [0.1, 0.15) is 0 Å². The van der Waals surface area contributed by atoms with Gasteiger partial charge >= 0.3 is 0 Å². The number of rotatable bonds is 3. The Balaban J connectivity index is 2.28. The van der Waals surface area contributed by atoms with Crippen molar-refractivity contribution in [2.75, 3.05) is 20.2 Å². The van der Waals surface area contributed by atoms with Crippen LogP contribution in [0.5, 0.6) is 5.88 Å². The van der Waals surface area contributed by atoms with Crippen molar-refractivity contribution in [1.29, 1.82) is 0 Å². The maximum absolute atomic E-state index is 5.21. The van der Waals surface area contributed by atoms with Gasteiger partial charge in [-0.3, -0.25) is 0 Å². The fourth-order valence-electron chi connectivity index (χ4n) is 3.33. The Labute approximate surface area is 123 Å². The minimum atomic E-state index is 0.307. The number of aromatic nitrogens is 1. The molecule has 3 nitrogen and oxygen atoms in total. The fourth-order valence-corrected chi connectivity index (χ4v) is 3.33. The monoisotopic (exact) mass is 276 g/mol. The summed E-state index contributed by atoms with van der Waals surface area (Å²) in [4.78, 5) is 4.53. The summed E-state index contributed by atoms with van der Waals surface area (Å²) in [5, 5.41) is 3.49. The van der Waals surface area contributed by atoms with Gasteiger partial charge in [-0.1, -0.05) is 26.8 Å². The molecule has 0 radical (unpaired) electrons. The number of aryl methyl sites for hydroxylation is 1. The zero-order valence-corrected chi connectivity index (χ0v) is 13.5. The lowest BCUT2D eigenvalue weighted by Gasteiger charge is -2.48. The van der Waals surface area contributed by atoms with Crippen LogP contribution in [0.3, 0.4) is 0 Å². The molecule has 1 N–H and O–H groups in total. The van der Waals surface area contributed by atoms with Crippen LogP contribution in [-0.4, -0.2) is 25.2 Å². The summed E-state index contributed by atoms with van der Waals surface area (Å²) in [5.74, 6) is 0.710. The second-order valence-electron chi connectivity index (χ2n) is 7.06. The molecule has 112 valence electrons. The molecule has 0 unspecified atom stereocenters. The SMILES string of the molecule is COc1ccc(CC2(C(C)(C)C)CCNCC2)c(C)n1. The first-order valence-corrected chi connectivity index (χ1v) is 7.59. The number of hydrogen-bond acceptors (Lipinski definition) is 3. The van der Waals surface area contributed by atoms with E-state index in [1.165, 1.54) is 18.4 Å². The second kappa shape index (κ2) is 5.72. The first kappa shape index (κ1) is 15.3. The van der Waals surface area contributed by atoms with Gasteiger partial charge in [0, 0.05) is 11.8 Å². The van der Waals surface area contributed by atoms with Crippen molar-refractivity contribution in [1.82, 2.24) is 10.3 Å². The molecule has 2 rings (SSSR count). The van der Waals surface area contributed by atoms with Gasteiger partial charge in [0.2, 0.25) is 5.88 Å². The highest BCUT2D eigenvalue weighted by atomic mass is 16.5. The van der Waals surface area contributed by atoms with Gasteiger partial charge in [0.05, 0.1) is 7.11 Å². The minimum absolute atomic E-state index is 0.307. The van der Waals surface area contributed by atoms with E-state index in [2.05, 4.69) is 44.1 Å². The van der Waals surface area contributed by atoms with Crippen molar-refractivity contribution in [3.63, 3.8) is 0 Å². The Bertz CT molecular complexity index is 457. The van der Waals surface area contributed by atoms with Gasteiger partial charge in [-0.2, -0.15) is 0 Å². The van der Waals surface area contributed by atoms with Crippen LogP contribution in [0.4, 0.5) is 0 Å². The summed E-state index contributed by atoms with van der Waals surface area (Å²) >= 11 is 0. The molecular weight excluding hydrogens is 248 g/mol. The van der Waals surface area contributed by atoms with Crippen LogP contribution in [0, 0.1) is 17.8 Å². The van der Waals surface area contributed by atoms with E-state index >= 15 is 0 Å². The van der Waals surface area contributed by atoms with Crippen molar-refractivity contribution < 1.29 is 4.74 Å². The highest BCUT2D eigenvalue weighted by Gasteiger charge is 2.42. The maximum Gasteiger partial charge on any atom is 0.213 e. The van der Waals surface area contributed by atoms with Crippen LogP contribution < -0.4 is 10.1 Å². The maximum atomic E-state index is 5.21. The number of nitrogens with one attached hydrogen (secondary N) is 1. The first-order valence-electron chi connectivity index (χ1n) is 7.59. The van der Waals surface area contributed by atoms with Crippen LogP contribution in [0.1, 0.15) is 44.9 Å². The van der Waals surface area contributed by atoms with Crippen molar-refractivity contribution >= 4 is 0 Å². The number of ether oxygens (including phenoxy) is 1. The zero-order chi connectivity index (χ0) is 14.8. The summed E-state index contributed by atoms with van der Waals surface area (Å²) in [6, 6.07) is 4.18. The third kappa shape index (κ3) is 2.98. The highest BCUT2D eigenvalue weighted by molar-refractivity contribution is 5.26. The summed E-state index contributed by atoms with van der Waals surface area (Å²) in [5.41, 5.74) is 3.13. The fraction of sp³-hybridized carbons (Fsp3) is 0.706. The van der Waals surface area contributed by atoms with Crippen LogP contribution in [-0.2, 0) is 6.42 Å². The molecule has 0 aliphatic carbocycles. The quantitative estimate of drug-likeness (QED) is 0.919. The number of nitrogens with zero attached hydrogens (tertiary/aromatic N) is 1. The molecule has 20 heavy (non-hydrogen) atoms. The molecule has 1 saturated heterocycles. The molecular formula is C17H28N2O. The summed E-state index contributed by atoms with van der Waals surface area (Å²) in [7, 11) is 1.67. The predicted molar refractivity (Wildman–Crippen MR) is 83.2 cm³/mol. The molecule has 0 atom stereocenters. The first-order chi connectivity index (χ1) is 9.38.